The second-order valence-electron chi connectivity index (χ2n) is 4.40. The zero-order chi connectivity index (χ0) is 13.8. The highest BCUT2D eigenvalue weighted by Crippen LogP contribution is 2.11. The molecule has 100 valence electrons. The lowest BCUT2D eigenvalue weighted by molar-refractivity contribution is -0.119. The monoisotopic (exact) mass is 262 g/mol. The molecule has 6 heteroatoms. The third-order valence-corrected chi connectivity index (χ3v) is 2.83. The van der Waals surface area contributed by atoms with Crippen molar-refractivity contribution >= 4 is 5.78 Å². The molecule has 0 atom stereocenters. The molecule has 0 bridgehead atoms. The van der Waals surface area contributed by atoms with E-state index in [-0.39, 0.29) is 24.6 Å². The van der Waals surface area contributed by atoms with Crippen LogP contribution in [0, 0.1) is 12.7 Å². The maximum Gasteiger partial charge on any atom is 0.158 e. The molecule has 0 saturated carbocycles. The van der Waals surface area contributed by atoms with Gasteiger partial charge in [0.1, 0.15) is 12.4 Å². The molecule has 0 spiro atoms. The van der Waals surface area contributed by atoms with E-state index in [1.165, 1.54) is 16.8 Å². The smallest absolute Gasteiger partial charge is 0.158 e. The molecule has 19 heavy (non-hydrogen) atoms. The number of halogens is 1. The zero-order valence-electron chi connectivity index (χ0n) is 10.6. The molecule has 1 heterocycles. The predicted octanol–water partition coefficient (Wildman–Crippen LogP) is 0.996. The van der Waals surface area contributed by atoms with E-state index >= 15 is 0 Å². The number of carbonyl (C=O) groups is 1. The molecule has 0 aliphatic rings. The summed E-state index contributed by atoms with van der Waals surface area (Å²) in [6.45, 7) is 2.22. The maximum absolute atomic E-state index is 13.0. The van der Waals surface area contributed by atoms with E-state index in [1.54, 1.807) is 19.2 Å². The van der Waals surface area contributed by atoms with Crippen molar-refractivity contribution in [3.63, 3.8) is 0 Å². The van der Waals surface area contributed by atoms with Gasteiger partial charge in [0.2, 0.25) is 0 Å². The van der Waals surface area contributed by atoms with E-state index in [1.807, 2.05) is 0 Å². The standard InChI is InChI=1S/C13H15FN4O/c1-9-4-11(14)3-2-10(9)5-13(19)8-18-7-12(6-15)16-17-18/h2-4,7H,5-6,8,15H2,1H3. The van der Waals surface area contributed by atoms with Crippen LogP contribution in [0.5, 0.6) is 0 Å². The molecule has 0 radical (unpaired) electrons. The fourth-order valence-corrected chi connectivity index (χ4v) is 1.82. The number of benzene rings is 1. The molecule has 1 aromatic heterocycles. The summed E-state index contributed by atoms with van der Waals surface area (Å²) in [4.78, 5) is 11.9. The molecule has 0 aliphatic heterocycles. The van der Waals surface area contributed by atoms with Crippen LogP contribution in [0.2, 0.25) is 0 Å². The zero-order valence-corrected chi connectivity index (χ0v) is 10.6. The normalized spacial score (nSPS) is 10.7. The number of Topliss-reactive ketones (excluding diaryl/α,β-unsaturated/α-hetero) is 1. The van der Waals surface area contributed by atoms with Crippen molar-refractivity contribution < 1.29 is 9.18 Å². The fourth-order valence-electron chi connectivity index (χ4n) is 1.82. The Balaban J connectivity index is 2.01. The summed E-state index contributed by atoms with van der Waals surface area (Å²) in [6.07, 6.45) is 1.90. The van der Waals surface area contributed by atoms with Crippen molar-refractivity contribution in [3.8, 4) is 0 Å². The highest BCUT2D eigenvalue weighted by Gasteiger charge is 2.09. The largest absolute Gasteiger partial charge is 0.325 e. The average Bonchev–Trinajstić information content (AvgIpc) is 2.80. The topological polar surface area (TPSA) is 73.8 Å². The Labute approximate surface area is 110 Å². The molecule has 0 fully saturated rings. The van der Waals surface area contributed by atoms with Crippen LogP contribution in [0.1, 0.15) is 16.8 Å². The molecule has 2 aromatic rings. The Morgan fingerprint density at radius 1 is 1.47 bits per heavy atom. The lowest BCUT2D eigenvalue weighted by Gasteiger charge is -2.05. The summed E-state index contributed by atoms with van der Waals surface area (Å²) in [6, 6.07) is 4.41. The highest BCUT2D eigenvalue weighted by atomic mass is 19.1. The summed E-state index contributed by atoms with van der Waals surface area (Å²) in [5.41, 5.74) is 7.66. The molecule has 0 saturated heterocycles. The minimum atomic E-state index is -0.294. The minimum Gasteiger partial charge on any atom is -0.325 e. The van der Waals surface area contributed by atoms with Crippen LogP contribution in [0.25, 0.3) is 0 Å². The Hall–Kier alpha value is -2.08. The molecular weight excluding hydrogens is 247 g/mol. The van der Waals surface area contributed by atoms with Crippen LogP contribution in [-0.4, -0.2) is 20.8 Å². The SMILES string of the molecule is Cc1cc(F)ccc1CC(=O)Cn1cc(CN)nn1. The van der Waals surface area contributed by atoms with Gasteiger partial charge in [0.05, 0.1) is 11.9 Å². The Morgan fingerprint density at radius 2 is 2.26 bits per heavy atom. The summed E-state index contributed by atoms with van der Waals surface area (Å²) in [7, 11) is 0. The van der Waals surface area contributed by atoms with Gasteiger partial charge in [-0.15, -0.1) is 5.10 Å². The van der Waals surface area contributed by atoms with Gasteiger partial charge in [-0.05, 0) is 30.2 Å². The third kappa shape index (κ3) is 3.45. The van der Waals surface area contributed by atoms with Gasteiger partial charge in [-0.2, -0.15) is 0 Å². The highest BCUT2D eigenvalue weighted by molar-refractivity contribution is 5.80. The maximum atomic E-state index is 13.0. The molecule has 2 rings (SSSR count). The molecule has 0 unspecified atom stereocenters. The second kappa shape index (κ2) is 5.71. The quantitative estimate of drug-likeness (QED) is 0.872. The van der Waals surface area contributed by atoms with Crippen LogP contribution in [0.15, 0.2) is 24.4 Å². The van der Waals surface area contributed by atoms with Gasteiger partial charge < -0.3 is 5.73 Å². The molecule has 0 aliphatic carbocycles. The predicted molar refractivity (Wildman–Crippen MR) is 67.8 cm³/mol. The van der Waals surface area contributed by atoms with Crippen molar-refractivity contribution in [1.82, 2.24) is 15.0 Å². The summed E-state index contributed by atoms with van der Waals surface area (Å²) in [5.74, 6) is -0.305. The van der Waals surface area contributed by atoms with E-state index in [4.69, 9.17) is 5.73 Å². The van der Waals surface area contributed by atoms with Gasteiger partial charge >= 0.3 is 0 Å². The fraction of sp³-hybridized carbons (Fsp3) is 0.308. The van der Waals surface area contributed by atoms with E-state index < -0.39 is 0 Å². The minimum absolute atomic E-state index is 0.0109. The number of aryl methyl sites for hydroxylation is 1. The Kier molecular flexibility index (Phi) is 4.01. The average molecular weight is 262 g/mol. The van der Waals surface area contributed by atoms with Gasteiger partial charge in [-0.1, -0.05) is 11.3 Å². The van der Waals surface area contributed by atoms with Gasteiger partial charge in [0, 0.05) is 13.0 Å². The number of carbonyl (C=O) groups excluding carboxylic acids is 1. The first-order valence-corrected chi connectivity index (χ1v) is 5.94. The van der Waals surface area contributed by atoms with Crippen molar-refractivity contribution in [2.45, 2.75) is 26.4 Å². The number of hydrogen-bond acceptors (Lipinski definition) is 4. The van der Waals surface area contributed by atoms with Gasteiger partial charge in [-0.3, -0.25) is 4.79 Å². The number of nitrogens with two attached hydrogens (primary N) is 1. The van der Waals surface area contributed by atoms with E-state index in [9.17, 15) is 9.18 Å². The van der Waals surface area contributed by atoms with Crippen LogP contribution >= 0.6 is 0 Å². The number of nitrogens with zero attached hydrogens (tertiary/aromatic N) is 3. The Bertz CT molecular complexity index is 594. The van der Waals surface area contributed by atoms with Gasteiger partial charge in [-0.25, -0.2) is 9.07 Å². The second-order valence-corrected chi connectivity index (χ2v) is 4.40. The number of aromatic nitrogens is 3. The molecule has 0 amide bonds. The lowest BCUT2D eigenvalue weighted by atomic mass is 10.0. The molecule has 1 aromatic carbocycles. The summed E-state index contributed by atoms with van der Waals surface area (Å²) >= 11 is 0. The first-order chi connectivity index (χ1) is 9.08. The van der Waals surface area contributed by atoms with E-state index in [2.05, 4.69) is 10.3 Å². The first-order valence-electron chi connectivity index (χ1n) is 5.94. The number of ketones is 1. The van der Waals surface area contributed by atoms with Crippen molar-refractivity contribution in [2.75, 3.05) is 0 Å². The molecular formula is C13H15FN4O. The van der Waals surface area contributed by atoms with Crippen LogP contribution in [0.3, 0.4) is 0 Å². The van der Waals surface area contributed by atoms with Crippen LogP contribution < -0.4 is 5.73 Å². The van der Waals surface area contributed by atoms with Crippen molar-refractivity contribution in [3.05, 3.63) is 47.0 Å². The summed E-state index contributed by atoms with van der Waals surface area (Å²) < 4.78 is 14.4. The Morgan fingerprint density at radius 3 is 2.89 bits per heavy atom. The molecule has 2 N–H and O–H groups in total. The van der Waals surface area contributed by atoms with E-state index in [0.29, 0.717) is 12.2 Å². The lowest BCUT2D eigenvalue weighted by Crippen LogP contribution is -2.13. The third-order valence-electron chi connectivity index (χ3n) is 2.83. The van der Waals surface area contributed by atoms with E-state index in [0.717, 1.165) is 11.1 Å². The van der Waals surface area contributed by atoms with Crippen molar-refractivity contribution in [1.29, 1.82) is 0 Å². The summed E-state index contributed by atoms with van der Waals surface area (Å²) in [5, 5.41) is 7.62. The number of hydrogen-bond donors (Lipinski definition) is 1. The van der Waals surface area contributed by atoms with Gasteiger partial charge in [0.15, 0.2) is 5.78 Å². The number of rotatable bonds is 5. The van der Waals surface area contributed by atoms with Crippen LogP contribution in [0.4, 0.5) is 4.39 Å². The van der Waals surface area contributed by atoms with Crippen LogP contribution in [-0.2, 0) is 24.3 Å². The first kappa shape index (κ1) is 13.4. The van der Waals surface area contributed by atoms with Gasteiger partial charge in [0.25, 0.3) is 0 Å². The molecule has 5 nitrogen and oxygen atoms in total. The van der Waals surface area contributed by atoms with Crippen molar-refractivity contribution in [2.24, 2.45) is 5.73 Å².